The van der Waals surface area contributed by atoms with Gasteiger partial charge in [0.15, 0.2) is 0 Å². The molecule has 92 valence electrons. The fourth-order valence-electron chi connectivity index (χ4n) is 1.24. The van der Waals surface area contributed by atoms with Crippen molar-refractivity contribution in [3.8, 4) is 17.9 Å². The van der Waals surface area contributed by atoms with Crippen LogP contribution in [0.3, 0.4) is 0 Å². The minimum absolute atomic E-state index is 0.239. The Morgan fingerprint density at radius 3 is 2.78 bits per heavy atom. The van der Waals surface area contributed by atoms with E-state index in [1.54, 1.807) is 12.1 Å². The minimum atomic E-state index is -0.302. The summed E-state index contributed by atoms with van der Waals surface area (Å²) in [6, 6.07) is 5.37. The Bertz CT molecular complexity index is 565. The highest BCUT2D eigenvalue weighted by Crippen LogP contribution is 2.22. The number of hydrogen-bond donors (Lipinski definition) is 1. The number of nitriles is 1. The second-order valence-corrected chi connectivity index (χ2v) is 4.32. The number of carbonyl (C=O) groups excluding carboxylic acids is 1. The summed E-state index contributed by atoms with van der Waals surface area (Å²) < 4.78 is 5.24. The molecule has 0 aliphatic rings. The van der Waals surface area contributed by atoms with Gasteiger partial charge in [-0.1, -0.05) is 27.8 Å². The summed E-state index contributed by atoms with van der Waals surface area (Å²) in [6.07, 6.45) is 0.628. The van der Waals surface area contributed by atoms with Crippen molar-refractivity contribution in [1.29, 1.82) is 5.26 Å². The Balaban J connectivity index is 2.86. The Kier molecular flexibility index (Phi) is 5.23. The van der Waals surface area contributed by atoms with Crippen molar-refractivity contribution in [1.82, 2.24) is 0 Å². The summed E-state index contributed by atoms with van der Waals surface area (Å²) >= 11 is 3.28. The summed E-state index contributed by atoms with van der Waals surface area (Å²) in [5, 5.41) is 8.88. The average molecular weight is 307 g/mol. The third-order valence-electron chi connectivity index (χ3n) is 2.17. The largest absolute Gasteiger partial charge is 0.469 e. The van der Waals surface area contributed by atoms with Gasteiger partial charge in [-0.15, -0.1) is 0 Å². The van der Waals surface area contributed by atoms with Crippen molar-refractivity contribution in [3.05, 3.63) is 27.7 Å². The van der Waals surface area contributed by atoms with Crippen LogP contribution in [0.15, 0.2) is 16.6 Å². The van der Waals surface area contributed by atoms with Crippen molar-refractivity contribution in [2.75, 3.05) is 12.8 Å². The Morgan fingerprint density at radius 2 is 2.17 bits per heavy atom. The molecule has 4 nitrogen and oxygen atoms in total. The number of benzene rings is 1. The molecule has 0 aliphatic carbocycles. The standard InChI is InChI=1S/C13H11BrN2O2/c1-18-12(17)5-3-2-4-9-6-11(14)7-10(8-15)13(9)16/h6-7H,3,5,16H2,1H3. The molecule has 0 amide bonds. The van der Waals surface area contributed by atoms with Crippen LogP contribution < -0.4 is 5.73 Å². The monoisotopic (exact) mass is 306 g/mol. The maximum absolute atomic E-state index is 10.9. The van der Waals surface area contributed by atoms with E-state index in [2.05, 4.69) is 32.5 Å². The molecule has 0 spiro atoms. The maximum Gasteiger partial charge on any atom is 0.306 e. The van der Waals surface area contributed by atoms with Gasteiger partial charge in [-0.25, -0.2) is 0 Å². The first-order valence-electron chi connectivity index (χ1n) is 5.13. The third kappa shape index (κ3) is 3.80. The molecule has 0 fully saturated rings. The van der Waals surface area contributed by atoms with E-state index in [9.17, 15) is 4.79 Å². The molecule has 0 unspecified atom stereocenters. The van der Waals surface area contributed by atoms with Gasteiger partial charge in [-0.3, -0.25) is 4.79 Å². The van der Waals surface area contributed by atoms with Crippen LogP contribution in [-0.4, -0.2) is 13.1 Å². The van der Waals surface area contributed by atoms with E-state index in [-0.39, 0.29) is 12.4 Å². The van der Waals surface area contributed by atoms with Crippen LogP contribution >= 0.6 is 15.9 Å². The van der Waals surface area contributed by atoms with Crippen LogP contribution in [-0.2, 0) is 9.53 Å². The molecule has 18 heavy (non-hydrogen) atoms. The first kappa shape index (κ1) is 14.1. The lowest BCUT2D eigenvalue weighted by molar-refractivity contribution is -0.140. The molecule has 1 aromatic rings. The van der Waals surface area contributed by atoms with Gasteiger partial charge in [0, 0.05) is 16.5 Å². The lowest BCUT2D eigenvalue weighted by Crippen LogP contribution is -1.98. The lowest BCUT2D eigenvalue weighted by atomic mass is 10.1. The SMILES string of the molecule is COC(=O)CCC#Cc1cc(Br)cc(C#N)c1N. The molecule has 0 heterocycles. The zero-order chi connectivity index (χ0) is 13.5. The summed E-state index contributed by atoms with van der Waals surface area (Å²) in [4.78, 5) is 10.9. The molecule has 2 N–H and O–H groups in total. The lowest BCUT2D eigenvalue weighted by Gasteiger charge is -2.01. The maximum atomic E-state index is 10.9. The van der Waals surface area contributed by atoms with Gasteiger partial charge in [0.1, 0.15) is 6.07 Å². The smallest absolute Gasteiger partial charge is 0.306 e. The van der Waals surface area contributed by atoms with Crippen LogP contribution in [0.4, 0.5) is 5.69 Å². The van der Waals surface area contributed by atoms with Gasteiger partial charge < -0.3 is 10.5 Å². The number of nitrogen functional groups attached to an aromatic ring is 1. The third-order valence-corrected chi connectivity index (χ3v) is 2.63. The summed E-state index contributed by atoms with van der Waals surface area (Å²) in [5.41, 5.74) is 7.10. The van der Waals surface area contributed by atoms with E-state index >= 15 is 0 Å². The number of nitrogens with zero attached hydrogens (tertiary/aromatic N) is 1. The van der Waals surface area contributed by atoms with Crippen LogP contribution in [0.1, 0.15) is 24.0 Å². The summed E-state index contributed by atoms with van der Waals surface area (Å²) in [7, 11) is 1.33. The van der Waals surface area contributed by atoms with Crippen LogP contribution in [0.25, 0.3) is 0 Å². The van der Waals surface area contributed by atoms with Gasteiger partial charge >= 0.3 is 5.97 Å². The molecule has 0 bridgehead atoms. The van der Waals surface area contributed by atoms with Gasteiger partial charge in [0.2, 0.25) is 0 Å². The first-order valence-corrected chi connectivity index (χ1v) is 5.92. The Labute approximate surface area is 114 Å². The molecule has 1 rings (SSSR count). The highest BCUT2D eigenvalue weighted by Gasteiger charge is 2.04. The van der Waals surface area contributed by atoms with E-state index in [1.807, 2.05) is 6.07 Å². The molecule has 0 atom stereocenters. The minimum Gasteiger partial charge on any atom is -0.469 e. The van der Waals surface area contributed by atoms with Crippen LogP contribution in [0, 0.1) is 23.2 Å². The van der Waals surface area contributed by atoms with Gasteiger partial charge in [-0.05, 0) is 12.1 Å². The average Bonchev–Trinajstić information content (AvgIpc) is 2.37. The van der Waals surface area contributed by atoms with Crippen molar-refractivity contribution < 1.29 is 9.53 Å². The molecule has 1 aromatic carbocycles. The number of carbonyl (C=O) groups is 1. The van der Waals surface area contributed by atoms with E-state index in [0.717, 1.165) is 4.47 Å². The number of ether oxygens (including phenoxy) is 1. The second kappa shape index (κ2) is 6.68. The fourth-order valence-corrected chi connectivity index (χ4v) is 1.70. The van der Waals surface area contributed by atoms with E-state index < -0.39 is 0 Å². The number of halogens is 1. The topological polar surface area (TPSA) is 76.1 Å². The van der Waals surface area contributed by atoms with E-state index in [1.165, 1.54) is 7.11 Å². The van der Waals surface area contributed by atoms with E-state index in [0.29, 0.717) is 23.2 Å². The van der Waals surface area contributed by atoms with E-state index in [4.69, 9.17) is 11.0 Å². The van der Waals surface area contributed by atoms with Crippen LogP contribution in [0.5, 0.6) is 0 Å². The summed E-state index contributed by atoms with van der Waals surface area (Å²) in [6.45, 7) is 0. The quantitative estimate of drug-likeness (QED) is 0.516. The van der Waals surface area contributed by atoms with Crippen molar-refractivity contribution in [2.45, 2.75) is 12.8 Å². The number of esters is 1. The number of anilines is 1. The molecular formula is C13H11BrN2O2. The van der Waals surface area contributed by atoms with Crippen molar-refractivity contribution >= 4 is 27.6 Å². The molecule has 0 aromatic heterocycles. The van der Waals surface area contributed by atoms with Crippen molar-refractivity contribution in [2.24, 2.45) is 0 Å². The zero-order valence-corrected chi connectivity index (χ0v) is 11.4. The fraction of sp³-hybridized carbons (Fsp3) is 0.231. The van der Waals surface area contributed by atoms with Gasteiger partial charge in [-0.2, -0.15) is 5.26 Å². The van der Waals surface area contributed by atoms with Gasteiger partial charge in [0.05, 0.1) is 24.8 Å². The zero-order valence-electron chi connectivity index (χ0n) is 9.79. The predicted molar refractivity (Wildman–Crippen MR) is 71.4 cm³/mol. The number of methoxy groups -OCH3 is 1. The molecule has 5 heteroatoms. The normalized spacial score (nSPS) is 8.94. The molecule has 0 saturated carbocycles. The number of rotatable bonds is 2. The number of hydrogen-bond acceptors (Lipinski definition) is 4. The highest BCUT2D eigenvalue weighted by atomic mass is 79.9. The molecule has 0 saturated heterocycles. The molecule has 0 aliphatic heterocycles. The Hall–Kier alpha value is -1.98. The summed E-state index contributed by atoms with van der Waals surface area (Å²) in [5.74, 6) is 5.37. The number of nitrogens with two attached hydrogens (primary N) is 1. The molecule has 0 radical (unpaired) electrons. The second-order valence-electron chi connectivity index (χ2n) is 3.40. The first-order chi connectivity index (χ1) is 8.58. The molecular weight excluding hydrogens is 296 g/mol. The van der Waals surface area contributed by atoms with Crippen molar-refractivity contribution in [3.63, 3.8) is 0 Å². The highest BCUT2D eigenvalue weighted by molar-refractivity contribution is 9.10. The Morgan fingerprint density at radius 1 is 1.50 bits per heavy atom. The van der Waals surface area contributed by atoms with Crippen LogP contribution in [0.2, 0.25) is 0 Å². The van der Waals surface area contributed by atoms with Gasteiger partial charge in [0.25, 0.3) is 0 Å². The predicted octanol–water partition coefficient (Wildman–Crippen LogP) is 2.21.